The summed E-state index contributed by atoms with van der Waals surface area (Å²) in [7, 11) is 0. The summed E-state index contributed by atoms with van der Waals surface area (Å²) in [6.45, 7) is 7.52. The quantitative estimate of drug-likeness (QED) is 0.811. The van der Waals surface area contributed by atoms with Gasteiger partial charge in [-0.1, -0.05) is 6.07 Å². The lowest BCUT2D eigenvalue weighted by atomic mass is 10.1. The maximum absolute atomic E-state index is 13.6. The molecule has 0 unspecified atom stereocenters. The van der Waals surface area contributed by atoms with Crippen LogP contribution in [0.4, 0.5) is 4.39 Å². The first-order chi connectivity index (χ1) is 9.66. The van der Waals surface area contributed by atoms with E-state index in [2.05, 4.69) is 15.5 Å². The first kappa shape index (κ1) is 17.9. The molecule has 1 amide bonds. The molecule has 0 aliphatic carbocycles. The third-order valence-electron chi connectivity index (χ3n) is 3.52. The van der Waals surface area contributed by atoms with Gasteiger partial charge in [0.15, 0.2) is 0 Å². The van der Waals surface area contributed by atoms with Crippen molar-refractivity contribution >= 4 is 18.3 Å². The predicted molar refractivity (Wildman–Crippen MR) is 84.6 cm³/mol. The van der Waals surface area contributed by atoms with Crippen LogP contribution in [0, 0.1) is 12.7 Å². The van der Waals surface area contributed by atoms with Gasteiger partial charge in [-0.25, -0.2) is 4.39 Å². The van der Waals surface area contributed by atoms with Crippen LogP contribution in [0.5, 0.6) is 0 Å². The van der Waals surface area contributed by atoms with E-state index in [1.807, 2.05) is 0 Å². The van der Waals surface area contributed by atoms with Gasteiger partial charge >= 0.3 is 0 Å². The van der Waals surface area contributed by atoms with E-state index in [1.54, 1.807) is 13.0 Å². The number of benzene rings is 1. The number of amides is 1. The van der Waals surface area contributed by atoms with Crippen LogP contribution in [0.1, 0.15) is 22.3 Å². The zero-order valence-electron chi connectivity index (χ0n) is 12.3. The Bertz CT molecular complexity index is 464. The lowest BCUT2D eigenvalue weighted by Gasteiger charge is -2.27. The Morgan fingerprint density at radius 3 is 2.76 bits per heavy atom. The molecule has 0 radical (unpaired) electrons. The SMILES string of the molecule is Cc1ccc(C(=O)NCCCN2CCNCC2)c(F)c1.Cl. The third-order valence-corrected chi connectivity index (χ3v) is 3.52. The highest BCUT2D eigenvalue weighted by atomic mass is 35.5. The molecule has 1 fully saturated rings. The van der Waals surface area contributed by atoms with Crippen LogP contribution in [-0.4, -0.2) is 50.1 Å². The number of hydrogen-bond acceptors (Lipinski definition) is 3. The van der Waals surface area contributed by atoms with Gasteiger partial charge in [0.1, 0.15) is 5.82 Å². The number of piperazine rings is 1. The van der Waals surface area contributed by atoms with Crippen LogP contribution in [0.15, 0.2) is 18.2 Å². The van der Waals surface area contributed by atoms with Crippen LogP contribution in [0.2, 0.25) is 0 Å². The number of nitrogens with one attached hydrogen (secondary N) is 2. The molecule has 2 rings (SSSR count). The third kappa shape index (κ3) is 5.61. The second-order valence-corrected chi connectivity index (χ2v) is 5.18. The summed E-state index contributed by atoms with van der Waals surface area (Å²) < 4.78 is 13.6. The Morgan fingerprint density at radius 1 is 1.38 bits per heavy atom. The highest BCUT2D eigenvalue weighted by molar-refractivity contribution is 5.94. The van der Waals surface area contributed by atoms with Gasteiger partial charge in [-0.15, -0.1) is 12.4 Å². The van der Waals surface area contributed by atoms with Gasteiger partial charge in [-0.2, -0.15) is 0 Å². The normalized spacial score (nSPS) is 15.3. The van der Waals surface area contributed by atoms with Crippen molar-refractivity contribution < 1.29 is 9.18 Å². The monoisotopic (exact) mass is 315 g/mol. The fourth-order valence-corrected chi connectivity index (χ4v) is 2.34. The average molecular weight is 316 g/mol. The molecule has 6 heteroatoms. The van der Waals surface area contributed by atoms with Crippen molar-refractivity contribution in [3.63, 3.8) is 0 Å². The topological polar surface area (TPSA) is 44.4 Å². The van der Waals surface area contributed by atoms with Gasteiger partial charge in [0.25, 0.3) is 5.91 Å². The minimum absolute atomic E-state index is 0. The summed E-state index contributed by atoms with van der Waals surface area (Å²) in [5.41, 5.74) is 0.940. The highest BCUT2D eigenvalue weighted by Crippen LogP contribution is 2.09. The van der Waals surface area contributed by atoms with Gasteiger partial charge in [0, 0.05) is 32.7 Å². The Hall–Kier alpha value is -1.17. The van der Waals surface area contributed by atoms with E-state index in [0.717, 1.165) is 44.7 Å². The maximum atomic E-state index is 13.6. The van der Waals surface area contributed by atoms with E-state index in [1.165, 1.54) is 12.1 Å². The Kier molecular flexibility index (Phi) is 7.64. The predicted octanol–water partition coefficient (Wildman–Crippen LogP) is 1.58. The smallest absolute Gasteiger partial charge is 0.254 e. The molecule has 0 aromatic heterocycles. The summed E-state index contributed by atoms with van der Waals surface area (Å²) in [5, 5.41) is 6.08. The standard InChI is InChI=1S/C15H22FN3O.ClH/c1-12-3-4-13(14(16)11-12)15(20)18-5-2-8-19-9-6-17-7-10-19;/h3-4,11,17H,2,5-10H2,1H3,(H,18,20);1H. The number of halogens is 2. The van der Waals surface area contributed by atoms with Crippen molar-refractivity contribution in [1.82, 2.24) is 15.5 Å². The molecule has 0 bridgehead atoms. The molecule has 2 N–H and O–H groups in total. The first-order valence-electron chi connectivity index (χ1n) is 7.14. The van der Waals surface area contributed by atoms with E-state index in [4.69, 9.17) is 0 Å². The number of nitrogens with zero attached hydrogens (tertiary/aromatic N) is 1. The number of carbonyl (C=O) groups is 1. The molecule has 4 nitrogen and oxygen atoms in total. The van der Waals surface area contributed by atoms with Gasteiger partial charge in [0.05, 0.1) is 5.56 Å². The largest absolute Gasteiger partial charge is 0.352 e. The molecule has 1 heterocycles. The lowest BCUT2D eigenvalue weighted by Crippen LogP contribution is -2.44. The lowest BCUT2D eigenvalue weighted by molar-refractivity contribution is 0.0947. The van der Waals surface area contributed by atoms with Gasteiger partial charge in [0.2, 0.25) is 0 Å². The van der Waals surface area contributed by atoms with Gasteiger partial charge in [-0.05, 0) is 37.6 Å². The van der Waals surface area contributed by atoms with E-state index < -0.39 is 5.82 Å². The van der Waals surface area contributed by atoms with Crippen LogP contribution in [0.3, 0.4) is 0 Å². The molecule has 1 saturated heterocycles. The van der Waals surface area contributed by atoms with E-state index in [0.29, 0.717) is 6.54 Å². The van der Waals surface area contributed by atoms with E-state index in [-0.39, 0.29) is 23.9 Å². The molecule has 1 aliphatic heterocycles. The summed E-state index contributed by atoms with van der Waals surface area (Å²) in [5.74, 6) is -0.785. The van der Waals surface area contributed by atoms with Crippen LogP contribution >= 0.6 is 12.4 Å². The zero-order valence-corrected chi connectivity index (χ0v) is 13.1. The average Bonchev–Trinajstić information content (AvgIpc) is 2.44. The van der Waals surface area contributed by atoms with Crippen LogP contribution in [-0.2, 0) is 0 Å². The van der Waals surface area contributed by atoms with Crippen molar-refractivity contribution in [1.29, 1.82) is 0 Å². The van der Waals surface area contributed by atoms with Gasteiger partial charge in [-0.3, -0.25) is 4.79 Å². The molecule has 1 aromatic carbocycles. The van der Waals surface area contributed by atoms with Crippen LogP contribution in [0.25, 0.3) is 0 Å². The Balaban J connectivity index is 0.00000220. The second kappa shape index (κ2) is 8.97. The summed E-state index contributed by atoms with van der Waals surface area (Å²) >= 11 is 0. The fraction of sp³-hybridized carbons (Fsp3) is 0.533. The summed E-state index contributed by atoms with van der Waals surface area (Å²) in [6.07, 6.45) is 0.888. The Labute approximate surface area is 131 Å². The van der Waals surface area contributed by atoms with Crippen molar-refractivity contribution in [2.24, 2.45) is 0 Å². The summed E-state index contributed by atoms with van der Waals surface area (Å²) in [6, 6.07) is 4.67. The first-order valence-corrected chi connectivity index (χ1v) is 7.14. The van der Waals surface area contributed by atoms with Crippen molar-refractivity contribution in [3.05, 3.63) is 35.1 Å². The molecule has 0 spiro atoms. The van der Waals surface area contributed by atoms with Gasteiger partial charge < -0.3 is 15.5 Å². The molecule has 1 aliphatic rings. The molecule has 21 heavy (non-hydrogen) atoms. The fourth-order valence-electron chi connectivity index (χ4n) is 2.34. The zero-order chi connectivity index (χ0) is 14.4. The number of rotatable bonds is 5. The van der Waals surface area contributed by atoms with Crippen LogP contribution < -0.4 is 10.6 Å². The number of hydrogen-bond donors (Lipinski definition) is 2. The molecule has 1 aromatic rings. The van der Waals surface area contributed by atoms with E-state index >= 15 is 0 Å². The molecular weight excluding hydrogens is 293 g/mol. The highest BCUT2D eigenvalue weighted by Gasteiger charge is 2.12. The number of carbonyl (C=O) groups excluding carboxylic acids is 1. The molecule has 0 atom stereocenters. The second-order valence-electron chi connectivity index (χ2n) is 5.18. The minimum Gasteiger partial charge on any atom is -0.352 e. The van der Waals surface area contributed by atoms with Crippen molar-refractivity contribution in [2.45, 2.75) is 13.3 Å². The van der Waals surface area contributed by atoms with E-state index in [9.17, 15) is 9.18 Å². The molecular formula is C15H23ClFN3O. The van der Waals surface area contributed by atoms with Crippen molar-refractivity contribution in [3.8, 4) is 0 Å². The Morgan fingerprint density at radius 2 is 2.10 bits per heavy atom. The maximum Gasteiger partial charge on any atom is 0.254 e. The molecule has 0 saturated carbocycles. The summed E-state index contributed by atoms with van der Waals surface area (Å²) in [4.78, 5) is 14.2. The van der Waals surface area contributed by atoms with Crippen molar-refractivity contribution in [2.75, 3.05) is 39.3 Å². The number of aryl methyl sites for hydroxylation is 1. The molecule has 118 valence electrons. The minimum atomic E-state index is -0.454.